The number of hydrogen-bond acceptors (Lipinski definition) is 4. The Hall–Kier alpha value is -2.75. The van der Waals surface area contributed by atoms with Gasteiger partial charge in [0.15, 0.2) is 5.78 Å². The highest BCUT2D eigenvalue weighted by molar-refractivity contribution is 5.92. The molecule has 27 heavy (non-hydrogen) atoms. The van der Waals surface area contributed by atoms with Crippen LogP contribution in [0, 0.1) is 0 Å². The highest BCUT2D eigenvalue weighted by Gasteiger charge is 2.22. The van der Waals surface area contributed by atoms with Crippen LogP contribution in [0.5, 0.6) is 5.75 Å². The van der Waals surface area contributed by atoms with Gasteiger partial charge in [0.25, 0.3) is 0 Å². The number of anilines is 1. The van der Waals surface area contributed by atoms with Crippen LogP contribution in [0.3, 0.4) is 0 Å². The van der Waals surface area contributed by atoms with E-state index in [-0.39, 0.29) is 11.7 Å². The fourth-order valence-electron chi connectivity index (χ4n) is 3.46. The lowest BCUT2D eigenvalue weighted by molar-refractivity contribution is -0.115. The molecule has 1 atom stereocenters. The van der Waals surface area contributed by atoms with Gasteiger partial charge in [-0.15, -0.1) is 0 Å². The molecule has 0 saturated carbocycles. The average molecular weight is 364 g/mol. The van der Waals surface area contributed by atoms with Crippen LogP contribution in [0.4, 0.5) is 5.69 Å². The third-order valence-corrected chi connectivity index (χ3v) is 5.05. The molecule has 0 fully saturated rings. The third-order valence-electron chi connectivity index (χ3n) is 5.05. The van der Waals surface area contributed by atoms with Crippen molar-refractivity contribution in [3.05, 3.63) is 71.4 Å². The first-order valence-electron chi connectivity index (χ1n) is 9.42. The second-order valence-corrected chi connectivity index (χ2v) is 7.25. The van der Waals surface area contributed by atoms with Crippen LogP contribution < -0.4 is 15.0 Å². The molecule has 0 saturated heterocycles. The van der Waals surface area contributed by atoms with Crippen molar-refractivity contribution in [1.82, 2.24) is 5.32 Å². The molecule has 0 radical (unpaired) electrons. The second kappa shape index (κ2) is 8.76. The number of methoxy groups -OCH3 is 1. The van der Waals surface area contributed by atoms with Crippen LogP contribution in [0.15, 0.2) is 60.3 Å². The van der Waals surface area contributed by atoms with Crippen LogP contribution in [0.2, 0.25) is 0 Å². The van der Waals surface area contributed by atoms with Gasteiger partial charge in [-0.2, -0.15) is 0 Å². The Bertz CT molecular complexity index is 792. The van der Waals surface area contributed by atoms with Crippen LogP contribution in [0.25, 0.3) is 0 Å². The summed E-state index contributed by atoms with van der Waals surface area (Å²) in [6, 6.07) is 16.6. The van der Waals surface area contributed by atoms with E-state index in [1.54, 1.807) is 13.2 Å². The first-order chi connectivity index (χ1) is 13.0. The van der Waals surface area contributed by atoms with Gasteiger partial charge >= 0.3 is 0 Å². The topological polar surface area (TPSA) is 41.6 Å². The molecule has 4 nitrogen and oxygen atoms in total. The predicted molar refractivity (Wildman–Crippen MR) is 111 cm³/mol. The number of rotatable bonds is 7. The smallest absolute Gasteiger partial charge is 0.158 e. The fraction of sp³-hybridized carbons (Fsp3) is 0.348. The summed E-state index contributed by atoms with van der Waals surface area (Å²) < 4.78 is 5.19. The molecule has 1 unspecified atom stereocenters. The largest absolute Gasteiger partial charge is 0.497 e. The minimum Gasteiger partial charge on any atom is -0.497 e. The van der Waals surface area contributed by atoms with Crippen LogP contribution in [-0.4, -0.2) is 33.5 Å². The van der Waals surface area contributed by atoms with E-state index in [0.29, 0.717) is 6.42 Å². The van der Waals surface area contributed by atoms with E-state index in [9.17, 15) is 4.79 Å². The molecule has 0 spiro atoms. The Morgan fingerprint density at radius 1 is 1.04 bits per heavy atom. The van der Waals surface area contributed by atoms with Crippen LogP contribution in [-0.2, 0) is 11.2 Å². The van der Waals surface area contributed by atoms with Crippen molar-refractivity contribution < 1.29 is 9.53 Å². The Kier molecular flexibility index (Phi) is 6.17. The first kappa shape index (κ1) is 19.0. The molecule has 4 heteroatoms. The van der Waals surface area contributed by atoms with Crippen molar-refractivity contribution in [3.63, 3.8) is 0 Å². The normalized spacial score (nSPS) is 16.6. The summed E-state index contributed by atoms with van der Waals surface area (Å²) in [6.07, 6.45) is 4.16. The fourth-order valence-corrected chi connectivity index (χ4v) is 3.46. The quantitative estimate of drug-likeness (QED) is 0.808. The van der Waals surface area contributed by atoms with Gasteiger partial charge in [0, 0.05) is 44.5 Å². The second-order valence-electron chi connectivity index (χ2n) is 7.25. The summed E-state index contributed by atoms with van der Waals surface area (Å²) in [5.74, 6) is 1.33. The monoisotopic (exact) mass is 364 g/mol. The van der Waals surface area contributed by atoms with E-state index in [4.69, 9.17) is 4.74 Å². The zero-order valence-corrected chi connectivity index (χ0v) is 16.4. The Morgan fingerprint density at radius 2 is 1.74 bits per heavy atom. The van der Waals surface area contributed by atoms with Gasteiger partial charge in [-0.1, -0.05) is 24.3 Å². The Balaban J connectivity index is 1.56. The third kappa shape index (κ3) is 5.13. The van der Waals surface area contributed by atoms with Gasteiger partial charge in [0.05, 0.1) is 7.11 Å². The standard InChI is InChI=1S/C23H28N2O2/c1-25(2)21-8-6-18(7-9-21)19-14-20(16-22(26)15-19)24-13-12-17-4-10-23(27-3)11-5-17/h4-11,16,19,24H,12-15H2,1-3H3. The maximum atomic E-state index is 12.2. The van der Waals surface area contributed by atoms with Gasteiger partial charge in [-0.05, 0) is 54.2 Å². The Labute approximate surface area is 161 Å². The summed E-state index contributed by atoms with van der Waals surface area (Å²) in [7, 11) is 5.74. The highest BCUT2D eigenvalue weighted by Crippen LogP contribution is 2.31. The minimum atomic E-state index is 0.204. The van der Waals surface area contributed by atoms with Gasteiger partial charge in [0.1, 0.15) is 5.75 Å². The summed E-state index contributed by atoms with van der Waals surface area (Å²) in [4.78, 5) is 14.3. The number of carbonyl (C=O) groups is 1. The maximum Gasteiger partial charge on any atom is 0.158 e. The van der Waals surface area contributed by atoms with Crippen molar-refractivity contribution in [2.45, 2.75) is 25.2 Å². The number of nitrogens with one attached hydrogen (secondary N) is 1. The number of ketones is 1. The number of nitrogens with zero attached hydrogens (tertiary/aromatic N) is 1. The number of allylic oxidation sites excluding steroid dienone is 2. The van der Waals surface area contributed by atoms with Crippen molar-refractivity contribution in [2.75, 3.05) is 32.6 Å². The number of ether oxygens (including phenoxy) is 1. The molecule has 2 aromatic rings. The van der Waals surface area contributed by atoms with Crippen molar-refractivity contribution in [1.29, 1.82) is 0 Å². The van der Waals surface area contributed by atoms with Crippen LogP contribution >= 0.6 is 0 Å². The van der Waals surface area contributed by atoms with E-state index in [1.165, 1.54) is 16.8 Å². The van der Waals surface area contributed by atoms with E-state index >= 15 is 0 Å². The lowest BCUT2D eigenvalue weighted by Crippen LogP contribution is -2.23. The summed E-state index contributed by atoms with van der Waals surface area (Å²) in [6.45, 7) is 0.817. The summed E-state index contributed by atoms with van der Waals surface area (Å²) in [5.41, 5.74) is 4.70. The van der Waals surface area contributed by atoms with Crippen LogP contribution in [0.1, 0.15) is 29.9 Å². The maximum absolute atomic E-state index is 12.2. The predicted octanol–water partition coefficient (Wildman–Crippen LogP) is 3.92. The average Bonchev–Trinajstić information content (AvgIpc) is 2.68. The summed E-state index contributed by atoms with van der Waals surface area (Å²) >= 11 is 0. The van der Waals surface area contributed by atoms with Crippen molar-refractivity contribution >= 4 is 11.5 Å². The molecule has 3 rings (SSSR count). The molecular formula is C23H28N2O2. The zero-order valence-electron chi connectivity index (χ0n) is 16.4. The molecule has 1 N–H and O–H groups in total. The van der Waals surface area contributed by atoms with E-state index in [1.807, 2.05) is 26.2 Å². The van der Waals surface area contributed by atoms with E-state index < -0.39 is 0 Å². The van der Waals surface area contributed by atoms with Gasteiger partial charge < -0.3 is 15.0 Å². The molecule has 1 aliphatic rings. The van der Waals surface area contributed by atoms with Gasteiger partial charge in [0.2, 0.25) is 0 Å². The number of carbonyl (C=O) groups excluding carboxylic acids is 1. The van der Waals surface area contributed by atoms with Crippen molar-refractivity contribution in [3.8, 4) is 5.75 Å². The zero-order chi connectivity index (χ0) is 19.2. The lowest BCUT2D eigenvalue weighted by Gasteiger charge is -2.24. The molecule has 0 aliphatic heterocycles. The molecule has 1 aliphatic carbocycles. The lowest BCUT2D eigenvalue weighted by atomic mass is 9.85. The molecular weight excluding hydrogens is 336 g/mol. The van der Waals surface area contributed by atoms with Crippen molar-refractivity contribution in [2.24, 2.45) is 0 Å². The number of benzene rings is 2. The molecule has 0 aromatic heterocycles. The van der Waals surface area contributed by atoms with Gasteiger partial charge in [-0.25, -0.2) is 0 Å². The Morgan fingerprint density at radius 3 is 2.37 bits per heavy atom. The number of hydrogen-bond donors (Lipinski definition) is 1. The molecule has 2 aromatic carbocycles. The van der Waals surface area contributed by atoms with E-state index in [0.717, 1.165) is 30.8 Å². The van der Waals surface area contributed by atoms with E-state index in [2.05, 4.69) is 46.6 Å². The van der Waals surface area contributed by atoms with Gasteiger partial charge in [-0.3, -0.25) is 4.79 Å². The molecule has 142 valence electrons. The molecule has 0 heterocycles. The molecule has 0 bridgehead atoms. The SMILES string of the molecule is COc1ccc(CCNC2=CC(=O)CC(c3ccc(N(C)C)cc3)C2)cc1. The molecule has 0 amide bonds. The minimum absolute atomic E-state index is 0.204. The highest BCUT2D eigenvalue weighted by atomic mass is 16.5. The summed E-state index contributed by atoms with van der Waals surface area (Å²) in [5, 5.41) is 3.46. The first-order valence-corrected chi connectivity index (χ1v) is 9.42.